The Labute approximate surface area is 175 Å². The first-order valence-electron chi connectivity index (χ1n) is 9.46. The molecule has 0 spiro atoms. The van der Waals surface area contributed by atoms with Crippen LogP contribution in [-0.2, 0) is 9.53 Å². The number of hydrogen-bond donors (Lipinski definition) is 1. The van der Waals surface area contributed by atoms with Crippen molar-refractivity contribution in [1.29, 1.82) is 0 Å². The summed E-state index contributed by atoms with van der Waals surface area (Å²) in [4.78, 5) is 33.6. The molecule has 0 aliphatic carbocycles. The number of carbonyl (C=O) groups excluding carboxylic acids is 2. The first-order chi connectivity index (χ1) is 14.6. The Balaban J connectivity index is 1.45. The topological polar surface area (TPSA) is 104 Å². The highest BCUT2D eigenvalue weighted by Crippen LogP contribution is 2.29. The number of thiazole rings is 1. The fraction of sp³-hybridized carbons (Fsp3) is 0.238. The summed E-state index contributed by atoms with van der Waals surface area (Å²) in [7, 11) is 0. The standard InChI is InChI=1S/C21H19N3O5S/c1-3-16(29-20(26)12-5-8-17-15(9-12)22-11-28-17)19(25)24-21-23-14-7-6-13(27-4-2)10-18(14)30-21/h5-11,16H,3-4H2,1-2H3,(H,23,24,25). The fourth-order valence-corrected chi connectivity index (χ4v) is 3.80. The average molecular weight is 425 g/mol. The van der Waals surface area contributed by atoms with Crippen LogP contribution in [0.5, 0.6) is 5.75 Å². The van der Waals surface area contributed by atoms with E-state index in [1.807, 2.05) is 25.1 Å². The van der Waals surface area contributed by atoms with E-state index in [1.54, 1.807) is 25.1 Å². The predicted molar refractivity (Wildman–Crippen MR) is 113 cm³/mol. The number of aromatic nitrogens is 2. The Morgan fingerprint density at radius 2 is 2.03 bits per heavy atom. The number of fused-ring (bicyclic) bond motifs is 2. The lowest BCUT2D eigenvalue weighted by atomic mass is 10.2. The zero-order chi connectivity index (χ0) is 21.1. The molecule has 1 atom stereocenters. The molecule has 1 N–H and O–H groups in total. The Morgan fingerprint density at radius 3 is 2.83 bits per heavy atom. The highest BCUT2D eigenvalue weighted by atomic mass is 32.1. The first kappa shape index (κ1) is 19.8. The Bertz CT molecular complexity index is 1220. The summed E-state index contributed by atoms with van der Waals surface area (Å²) in [5.41, 5.74) is 2.17. The Kier molecular flexibility index (Phi) is 5.62. The number of oxazole rings is 1. The predicted octanol–water partition coefficient (Wildman–Crippen LogP) is 4.41. The highest BCUT2D eigenvalue weighted by molar-refractivity contribution is 7.22. The SMILES string of the molecule is CCOc1ccc2nc(NC(=O)C(CC)OC(=O)c3ccc4ocnc4c3)sc2c1. The Hall–Kier alpha value is -3.46. The normalized spacial score (nSPS) is 12.1. The minimum atomic E-state index is -0.948. The van der Waals surface area contributed by atoms with Crippen LogP contribution >= 0.6 is 11.3 Å². The average Bonchev–Trinajstić information content (AvgIpc) is 3.37. The number of benzene rings is 2. The van der Waals surface area contributed by atoms with E-state index in [1.165, 1.54) is 17.7 Å². The molecular formula is C21H19N3O5S. The van der Waals surface area contributed by atoms with E-state index < -0.39 is 18.0 Å². The van der Waals surface area contributed by atoms with Gasteiger partial charge in [-0.05, 0) is 49.7 Å². The summed E-state index contributed by atoms with van der Waals surface area (Å²) in [6.07, 6.45) is 0.678. The molecule has 154 valence electrons. The quantitative estimate of drug-likeness (QED) is 0.437. The molecule has 2 heterocycles. The summed E-state index contributed by atoms with van der Waals surface area (Å²) in [5, 5.41) is 3.17. The molecular weight excluding hydrogens is 406 g/mol. The lowest BCUT2D eigenvalue weighted by Crippen LogP contribution is -2.32. The summed E-state index contributed by atoms with van der Waals surface area (Å²) in [6, 6.07) is 10.3. The van der Waals surface area contributed by atoms with Crippen molar-refractivity contribution in [2.24, 2.45) is 0 Å². The summed E-state index contributed by atoms with van der Waals surface area (Å²) in [5.74, 6) is -0.291. The van der Waals surface area contributed by atoms with Gasteiger partial charge in [0.25, 0.3) is 5.91 Å². The molecule has 0 fully saturated rings. The van der Waals surface area contributed by atoms with E-state index in [0.29, 0.717) is 34.8 Å². The minimum Gasteiger partial charge on any atom is -0.494 e. The number of amides is 1. The van der Waals surface area contributed by atoms with Gasteiger partial charge in [-0.15, -0.1) is 0 Å². The van der Waals surface area contributed by atoms with E-state index in [-0.39, 0.29) is 0 Å². The van der Waals surface area contributed by atoms with Gasteiger partial charge in [-0.1, -0.05) is 18.3 Å². The van der Waals surface area contributed by atoms with Crippen molar-refractivity contribution in [2.75, 3.05) is 11.9 Å². The minimum absolute atomic E-state index is 0.297. The van der Waals surface area contributed by atoms with Crippen LogP contribution in [0.2, 0.25) is 0 Å². The van der Waals surface area contributed by atoms with Crippen LogP contribution in [-0.4, -0.2) is 34.6 Å². The van der Waals surface area contributed by atoms with E-state index in [4.69, 9.17) is 13.9 Å². The van der Waals surface area contributed by atoms with Gasteiger partial charge in [0.1, 0.15) is 11.3 Å². The van der Waals surface area contributed by atoms with Gasteiger partial charge in [0.2, 0.25) is 0 Å². The number of nitrogens with one attached hydrogen (secondary N) is 1. The van der Waals surface area contributed by atoms with Gasteiger partial charge < -0.3 is 13.9 Å². The molecule has 2 aromatic carbocycles. The van der Waals surface area contributed by atoms with Gasteiger partial charge in [0, 0.05) is 0 Å². The van der Waals surface area contributed by atoms with Crippen molar-refractivity contribution in [3.63, 3.8) is 0 Å². The number of rotatable bonds is 7. The van der Waals surface area contributed by atoms with Gasteiger partial charge in [-0.2, -0.15) is 0 Å². The molecule has 9 heteroatoms. The van der Waals surface area contributed by atoms with Crippen LogP contribution in [0.15, 0.2) is 47.2 Å². The molecule has 0 saturated heterocycles. The summed E-state index contributed by atoms with van der Waals surface area (Å²) in [6.45, 7) is 4.25. The van der Waals surface area contributed by atoms with Crippen LogP contribution in [0.3, 0.4) is 0 Å². The largest absolute Gasteiger partial charge is 0.494 e. The molecule has 0 bridgehead atoms. The number of esters is 1. The third-order valence-electron chi connectivity index (χ3n) is 4.38. The fourth-order valence-electron chi connectivity index (χ4n) is 2.91. The van der Waals surface area contributed by atoms with Gasteiger partial charge in [-0.25, -0.2) is 14.8 Å². The van der Waals surface area contributed by atoms with Crippen molar-refractivity contribution in [3.8, 4) is 5.75 Å². The second-order valence-corrected chi connectivity index (χ2v) is 7.44. The van der Waals surface area contributed by atoms with Crippen LogP contribution in [0.25, 0.3) is 21.3 Å². The molecule has 1 amide bonds. The molecule has 30 heavy (non-hydrogen) atoms. The lowest BCUT2D eigenvalue weighted by Gasteiger charge is -2.15. The molecule has 0 aliphatic heterocycles. The van der Waals surface area contributed by atoms with Crippen molar-refractivity contribution in [1.82, 2.24) is 9.97 Å². The van der Waals surface area contributed by atoms with Crippen molar-refractivity contribution < 1.29 is 23.5 Å². The van der Waals surface area contributed by atoms with Gasteiger partial charge >= 0.3 is 5.97 Å². The summed E-state index contributed by atoms with van der Waals surface area (Å²) >= 11 is 1.33. The number of ether oxygens (including phenoxy) is 2. The maximum absolute atomic E-state index is 12.7. The summed E-state index contributed by atoms with van der Waals surface area (Å²) < 4.78 is 17.0. The maximum atomic E-state index is 12.7. The molecule has 4 rings (SSSR count). The molecule has 1 unspecified atom stereocenters. The molecule has 0 radical (unpaired) electrons. The van der Waals surface area contributed by atoms with Crippen LogP contribution in [0, 0.1) is 0 Å². The van der Waals surface area contributed by atoms with E-state index in [0.717, 1.165) is 16.0 Å². The van der Waals surface area contributed by atoms with Crippen molar-refractivity contribution in [2.45, 2.75) is 26.4 Å². The third kappa shape index (κ3) is 4.11. The smallest absolute Gasteiger partial charge is 0.338 e. The molecule has 4 aromatic rings. The van der Waals surface area contributed by atoms with Gasteiger partial charge in [0.15, 0.2) is 23.2 Å². The zero-order valence-electron chi connectivity index (χ0n) is 16.4. The number of carbonyl (C=O) groups is 2. The van der Waals surface area contributed by atoms with Gasteiger partial charge in [-0.3, -0.25) is 10.1 Å². The maximum Gasteiger partial charge on any atom is 0.338 e. The zero-order valence-corrected chi connectivity index (χ0v) is 17.2. The number of nitrogens with zero attached hydrogens (tertiary/aromatic N) is 2. The second kappa shape index (κ2) is 8.50. The molecule has 8 nitrogen and oxygen atoms in total. The van der Waals surface area contributed by atoms with Crippen LogP contribution < -0.4 is 10.1 Å². The molecule has 0 aliphatic rings. The third-order valence-corrected chi connectivity index (χ3v) is 5.31. The molecule has 0 saturated carbocycles. The number of hydrogen-bond acceptors (Lipinski definition) is 8. The molecule has 2 aromatic heterocycles. The van der Waals surface area contributed by atoms with E-state index >= 15 is 0 Å². The lowest BCUT2D eigenvalue weighted by molar-refractivity contribution is -0.124. The second-order valence-electron chi connectivity index (χ2n) is 6.41. The highest BCUT2D eigenvalue weighted by Gasteiger charge is 2.23. The van der Waals surface area contributed by atoms with Gasteiger partial charge in [0.05, 0.1) is 22.4 Å². The van der Waals surface area contributed by atoms with E-state index in [9.17, 15) is 9.59 Å². The van der Waals surface area contributed by atoms with Crippen LogP contribution in [0.4, 0.5) is 5.13 Å². The van der Waals surface area contributed by atoms with Crippen molar-refractivity contribution in [3.05, 3.63) is 48.4 Å². The number of anilines is 1. The van der Waals surface area contributed by atoms with Crippen LogP contribution in [0.1, 0.15) is 30.6 Å². The first-order valence-corrected chi connectivity index (χ1v) is 10.3. The monoisotopic (exact) mass is 425 g/mol. The Morgan fingerprint density at radius 1 is 1.17 bits per heavy atom. The van der Waals surface area contributed by atoms with E-state index in [2.05, 4.69) is 15.3 Å². The van der Waals surface area contributed by atoms with Crippen molar-refractivity contribution >= 4 is 49.7 Å².